The van der Waals surface area contributed by atoms with Crippen molar-refractivity contribution in [2.75, 3.05) is 6.79 Å². The zero-order chi connectivity index (χ0) is 20.4. The fourth-order valence-electron chi connectivity index (χ4n) is 2.77. The van der Waals surface area contributed by atoms with Crippen molar-refractivity contribution in [1.29, 1.82) is 0 Å². The van der Waals surface area contributed by atoms with E-state index in [2.05, 4.69) is 21.7 Å². The Balaban J connectivity index is 1.47. The number of carbonyl (C=O) groups excluding carboxylic acids is 1. The van der Waals surface area contributed by atoms with Gasteiger partial charge in [-0.2, -0.15) is 9.36 Å². The summed E-state index contributed by atoms with van der Waals surface area (Å²) < 4.78 is 25.4. The van der Waals surface area contributed by atoms with Crippen LogP contribution in [0.3, 0.4) is 0 Å². The van der Waals surface area contributed by atoms with Gasteiger partial charge in [0.15, 0.2) is 11.5 Å². The SMILES string of the molecule is C#C[C@H](NC(=O)Cn1nnn(-c2ccc(F)cc2)c1=O)c1ccc2c(c1)OCO2. The molecule has 0 saturated carbocycles. The molecule has 3 aromatic rings. The first-order valence-electron chi connectivity index (χ1n) is 8.49. The van der Waals surface area contributed by atoms with Crippen LogP contribution in [-0.4, -0.2) is 32.5 Å². The first-order valence-corrected chi connectivity index (χ1v) is 8.49. The molecule has 1 aromatic heterocycles. The third kappa shape index (κ3) is 3.66. The molecule has 1 aliphatic rings. The zero-order valence-electron chi connectivity index (χ0n) is 14.9. The second-order valence-electron chi connectivity index (χ2n) is 6.09. The topological polar surface area (TPSA) is 100 Å². The fraction of sp³-hybridized carbons (Fsp3) is 0.158. The highest BCUT2D eigenvalue weighted by atomic mass is 19.1. The van der Waals surface area contributed by atoms with Gasteiger partial charge in [-0.1, -0.05) is 12.0 Å². The molecule has 0 fully saturated rings. The standard InChI is InChI=1S/C19H14FN5O4/c1-2-15(12-3-8-16-17(9-12)29-11-28-16)21-18(26)10-24-19(27)25(23-22-24)14-6-4-13(20)5-7-14/h1,3-9,15H,10-11H2,(H,21,26)/t15-/m0/s1. The molecule has 0 bridgehead atoms. The number of carbonyl (C=O) groups is 1. The predicted molar refractivity (Wildman–Crippen MR) is 97.9 cm³/mol. The number of nitrogens with one attached hydrogen (secondary N) is 1. The fourth-order valence-corrected chi connectivity index (χ4v) is 2.77. The summed E-state index contributed by atoms with van der Waals surface area (Å²) in [7, 11) is 0. The lowest BCUT2D eigenvalue weighted by molar-refractivity contribution is -0.122. The molecule has 1 N–H and O–H groups in total. The van der Waals surface area contributed by atoms with Crippen LogP contribution >= 0.6 is 0 Å². The molecule has 4 rings (SSSR count). The molecule has 2 heterocycles. The van der Waals surface area contributed by atoms with Crippen LogP contribution in [0.5, 0.6) is 11.5 Å². The van der Waals surface area contributed by atoms with Crippen molar-refractivity contribution in [3.8, 4) is 29.5 Å². The van der Waals surface area contributed by atoms with Crippen molar-refractivity contribution in [3.63, 3.8) is 0 Å². The zero-order valence-corrected chi connectivity index (χ0v) is 14.9. The number of fused-ring (bicyclic) bond motifs is 1. The molecule has 0 saturated heterocycles. The summed E-state index contributed by atoms with van der Waals surface area (Å²) in [4.78, 5) is 24.8. The van der Waals surface area contributed by atoms with E-state index in [9.17, 15) is 14.0 Å². The minimum absolute atomic E-state index is 0.124. The Labute approximate surface area is 163 Å². The highest BCUT2D eigenvalue weighted by molar-refractivity contribution is 5.76. The van der Waals surface area contributed by atoms with E-state index in [0.717, 1.165) is 9.36 Å². The van der Waals surface area contributed by atoms with Crippen LogP contribution in [0.1, 0.15) is 11.6 Å². The monoisotopic (exact) mass is 395 g/mol. The van der Waals surface area contributed by atoms with Crippen LogP contribution in [0.15, 0.2) is 47.3 Å². The molecule has 0 radical (unpaired) electrons. The van der Waals surface area contributed by atoms with E-state index >= 15 is 0 Å². The van der Waals surface area contributed by atoms with Gasteiger partial charge in [0.25, 0.3) is 0 Å². The van der Waals surface area contributed by atoms with Crippen LogP contribution in [0.4, 0.5) is 4.39 Å². The summed E-state index contributed by atoms with van der Waals surface area (Å²) in [6.07, 6.45) is 5.55. The van der Waals surface area contributed by atoms with Crippen molar-refractivity contribution in [2.45, 2.75) is 12.6 Å². The molecular weight excluding hydrogens is 381 g/mol. The quantitative estimate of drug-likeness (QED) is 0.641. The molecule has 2 aromatic carbocycles. The average Bonchev–Trinajstić information content (AvgIpc) is 3.33. The van der Waals surface area contributed by atoms with Crippen molar-refractivity contribution in [3.05, 3.63) is 64.3 Å². The first-order chi connectivity index (χ1) is 14.0. The number of hydrogen-bond acceptors (Lipinski definition) is 6. The second-order valence-corrected chi connectivity index (χ2v) is 6.09. The lowest BCUT2D eigenvalue weighted by Crippen LogP contribution is -2.35. The van der Waals surface area contributed by atoms with Crippen LogP contribution in [0.25, 0.3) is 5.69 Å². The minimum Gasteiger partial charge on any atom is -0.454 e. The lowest BCUT2D eigenvalue weighted by Gasteiger charge is -2.13. The maximum Gasteiger partial charge on any atom is 0.368 e. The molecule has 0 spiro atoms. The van der Waals surface area contributed by atoms with E-state index in [4.69, 9.17) is 15.9 Å². The Bertz CT molecular complexity index is 1160. The molecule has 9 nitrogen and oxygen atoms in total. The smallest absolute Gasteiger partial charge is 0.368 e. The minimum atomic E-state index is -0.736. The summed E-state index contributed by atoms with van der Waals surface area (Å²) >= 11 is 0. The van der Waals surface area contributed by atoms with Crippen LogP contribution in [0, 0.1) is 18.2 Å². The Kier molecular flexibility index (Phi) is 4.70. The lowest BCUT2D eigenvalue weighted by atomic mass is 10.1. The van der Waals surface area contributed by atoms with E-state index in [0.29, 0.717) is 22.7 Å². The van der Waals surface area contributed by atoms with Crippen LogP contribution < -0.4 is 20.5 Å². The number of amides is 1. The number of halogens is 1. The third-order valence-corrected chi connectivity index (χ3v) is 4.21. The number of aromatic nitrogens is 4. The van der Waals surface area contributed by atoms with E-state index < -0.39 is 23.5 Å². The molecule has 1 aliphatic heterocycles. The summed E-state index contributed by atoms with van der Waals surface area (Å²) in [6.45, 7) is -0.263. The van der Waals surface area contributed by atoms with Gasteiger partial charge in [0, 0.05) is 0 Å². The van der Waals surface area contributed by atoms with Crippen molar-refractivity contribution in [2.24, 2.45) is 0 Å². The largest absolute Gasteiger partial charge is 0.454 e. The van der Waals surface area contributed by atoms with Crippen LogP contribution in [-0.2, 0) is 11.3 Å². The Morgan fingerprint density at radius 2 is 1.97 bits per heavy atom. The summed E-state index contributed by atoms with van der Waals surface area (Å²) in [5.74, 6) is 2.64. The van der Waals surface area contributed by atoms with E-state index in [1.807, 2.05) is 0 Å². The normalized spacial score (nSPS) is 13.0. The highest BCUT2D eigenvalue weighted by Gasteiger charge is 2.19. The Morgan fingerprint density at radius 1 is 1.21 bits per heavy atom. The number of hydrogen-bond donors (Lipinski definition) is 1. The predicted octanol–water partition coefficient (Wildman–Crippen LogP) is 0.787. The molecule has 10 heteroatoms. The molecule has 0 unspecified atom stereocenters. The van der Waals surface area contributed by atoms with Crippen molar-refractivity contribution < 1.29 is 18.7 Å². The van der Waals surface area contributed by atoms with E-state index in [1.165, 1.54) is 24.3 Å². The van der Waals surface area contributed by atoms with Gasteiger partial charge in [0.05, 0.1) is 5.69 Å². The summed E-state index contributed by atoms with van der Waals surface area (Å²) in [6, 6.07) is 9.51. The van der Waals surface area contributed by atoms with Gasteiger partial charge >= 0.3 is 5.69 Å². The van der Waals surface area contributed by atoms with E-state index in [1.54, 1.807) is 18.2 Å². The van der Waals surface area contributed by atoms with Gasteiger partial charge in [-0.05, 0) is 52.4 Å². The molecule has 0 aliphatic carbocycles. The number of terminal acetylenes is 1. The van der Waals surface area contributed by atoms with Gasteiger partial charge in [-0.15, -0.1) is 6.42 Å². The summed E-state index contributed by atoms with van der Waals surface area (Å²) in [5.41, 5.74) is 0.310. The summed E-state index contributed by atoms with van der Waals surface area (Å²) in [5, 5.41) is 10.0. The van der Waals surface area contributed by atoms with Crippen molar-refractivity contribution >= 4 is 5.91 Å². The van der Waals surface area contributed by atoms with Crippen LogP contribution in [0.2, 0.25) is 0 Å². The number of benzene rings is 2. The van der Waals surface area contributed by atoms with Gasteiger partial charge < -0.3 is 14.8 Å². The average molecular weight is 395 g/mol. The maximum absolute atomic E-state index is 13.0. The number of nitrogens with zero attached hydrogens (tertiary/aromatic N) is 4. The van der Waals surface area contributed by atoms with E-state index in [-0.39, 0.29) is 13.3 Å². The molecule has 1 atom stereocenters. The molecule has 29 heavy (non-hydrogen) atoms. The molecular formula is C19H14FN5O4. The van der Waals surface area contributed by atoms with Crippen molar-refractivity contribution in [1.82, 2.24) is 25.1 Å². The first kappa shape index (κ1) is 18.2. The van der Waals surface area contributed by atoms with Gasteiger partial charge in [-0.3, -0.25) is 4.79 Å². The van der Waals surface area contributed by atoms with Gasteiger partial charge in [-0.25, -0.2) is 9.18 Å². The highest BCUT2D eigenvalue weighted by Crippen LogP contribution is 2.34. The third-order valence-electron chi connectivity index (χ3n) is 4.21. The number of tetrazole rings is 1. The number of ether oxygens (including phenoxy) is 2. The maximum atomic E-state index is 13.0. The Hall–Kier alpha value is -4.13. The molecule has 1 amide bonds. The molecule has 146 valence electrons. The number of rotatable bonds is 5. The second kappa shape index (κ2) is 7.47. The van der Waals surface area contributed by atoms with Gasteiger partial charge in [0.1, 0.15) is 18.4 Å². The Morgan fingerprint density at radius 3 is 2.72 bits per heavy atom. The van der Waals surface area contributed by atoms with Gasteiger partial charge in [0.2, 0.25) is 12.7 Å².